The Morgan fingerprint density at radius 3 is 2.25 bits per heavy atom. The number of hydrogen-bond acceptors (Lipinski definition) is 5. The standard InChI is InChI=1S/C6H11NO4Se/c7-6(12)5-4(10)3(9)2(1-8)11-5/h2-5,8-10H,1H2,(H2,7,12)/t2-,3-,4-,5-/m1/s1. The Labute approximate surface area is 77.5 Å². The van der Waals surface area contributed by atoms with Crippen LogP contribution in [0.25, 0.3) is 0 Å². The molecule has 1 aliphatic heterocycles. The Balaban J connectivity index is 2.66. The summed E-state index contributed by atoms with van der Waals surface area (Å²) in [6.07, 6.45) is -3.62. The van der Waals surface area contributed by atoms with Crippen LogP contribution < -0.4 is 5.73 Å². The van der Waals surface area contributed by atoms with E-state index in [1.807, 2.05) is 0 Å². The number of nitrogens with two attached hydrogens (primary N) is 1. The van der Waals surface area contributed by atoms with Crippen molar-refractivity contribution >= 4 is 20.1 Å². The molecule has 1 rings (SSSR count). The second-order valence-corrected chi connectivity index (χ2v) is 3.65. The van der Waals surface area contributed by atoms with Crippen molar-refractivity contribution in [3.8, 4) is 0 Å². The molecule has 0 amide bonds. The predicted molar refractivity (Wildman–Crippen MR) is 42.7 cm³/mol. The summed E-state index contributed by atoms with van der Waals surface area (Å²) >= 11 is 2.49. The van der Waals surface area contributed by atoms with E-state index >= 15 is 0 Å². The Morgan fingerprint density at radius 1 is 1.42 bits per heavy atom. The van der Waals surface area contributed by atoms with E-state index in [9.17, 15) is 10.2 Å². The van der Waals surface area contributed by atoms with Gasteiger partial charge in [0.15, 0.2) is 0 Å². The summed E-state index contributed by atoms with van der Waals surface area (Å²) in [7, 11) is 0. The molecule has 5 nitrogen and oxygen atoms in total. The topological polar surface area (TPSA) is 95.9 Å². The van der Waals surface area contributed by atoms with E-state index in [-0.39, 0.29) is 11.1 Å². The molecule has 0 aromatic heterocycles. The number of rotatable bonds is 2. The normalized spacial score (nSPS) is 41.6. The van der Waals surface area contributed by atoms with E-state index in [0.29, 0.717) is 0 Å². The van der Waals surface area contributed by atoms with Crippen molar-refractivity contribution in [3.63, 3.8) is 0 Å². The van der Waals surface area contributed by atoms with Crippen LogP contribution in [0.4, 0.5) is 0 Å². The monoisotopic (exact) mass is 241 g/mol. The zero-order valence-corrected chi connectivity index (χ0v) is 7.97. The predicted octanol–water partition coefficient (Wildman–Crippen LogP) is -3.27. The van der Waals surface area contributed by atoms with Gasteiger partial charge in [-0.1, -0.05) is 0 Å². The fourth-order valence-corrected chi connectivity index (χ4v) is 1.54. The van der Waals surface area contributed by atoms with Gasteiger partial charge in [0.25, 0.3) is 0 Å². The van der Waals surface area contributed by atoms with Crippen molar-refractivity contribution < 1.29 is 20.1 Å². The Kier molecular flexibility index (Phi) is 3.22. The number of ether oxygens (including phenoxy) is 1. The van der Waals surface area contributed by atoms with Crippen LogP contribution in [0.1, 0.15) is 0 Å². The first-order valence-corrected chi connectivity index (χ1v) is 4.35. The van der Waals surface area contributed by atoms with Crippen LogP contribution in [0.3, 0.4) is 0 Å². The molecule has 70 valence electrons. The summed E-state index contributed by atoms with van der Waals surface area (Å²) in [6, 6.07) is 0. The van der Waals surface area contributed by atoms with Gasteiger partial charge in [0, 0.05) is 0 Å². The van der Waals surface area contributed by atoms with Crippen molar-refractivity contribution in [2.24, 2.45) is 5.73 Å². The van der Waals surface area contributed by atoms with Crippen molar-refractivity contribution in [1.29, 1.82) is 0 Å². The van der Waals surface area contributed by atoms with Gasteiger partial charge in [-0.3, -0.25) is 0 Å². The van der Waals surface area contributed by atoms with Crippen LogP contribution in [0.2, 0.25) is 0 Å². The second kappa shape index (κ2) is 3.83. The third kappa shape index (κ3) is 1.68. The first-order chi connectivity index (χ1) is 5.57. The summed E-state index contributed by atoms with van der Waals surface area (Å²) in [5.41, 5.74) is 5.35. The number of aliphatic hydroxyl groups is 3. The molecule has 0 bridgehead atoms. The fraction of sp³-hybridized carbons (Fsp3) is 0.833. The molecule has 1 fully saturated rings. The SMILES string of the molecule is NC(=[Se])[C@@H]1O[C@H](CO)[C@@H](O)[C@H]1O. The summed E-state index contributed by atoms with van der Waals surface area (Å²) in [4.78, 5) is 0. The molecular weight excluding hydrogens is 229 g/mol. The van der Waals surface area contributed by atoms with Crippen LogP contribution in [0, 0.1) is 0 Å². The van der Waals surface area contributed by atoms with Gasteiger partial charge in [-0.15, -0.1) is 0 Å². The minimum absolute atomic E-state index is 0.275. The van der Waals surface area contributed by atoms with Crippen molar-refractivity contribution in [1.82, 2.24) is 0 Å². The van der Waals surface area contributed by atoms with E-state index in [0.717, 1.165) is 0 Å². The van der Waals surface area contributed by atoms with E-state index in [4.69, 9.17) is 15.6 Å². The van der Waals surface area contributed by atoms with E-state index in [1.54, 1.807) is 0 Å². The average Bonchev–Trinajstić information content (AvgIpc) is 2.30. The molecule has 1 heterocycles. The van der Waals surface area contributed by atoms with Crippen LogP contribution in [-0.4, -0.2) is 66.5 Å². The van der Waals surface area contributed by atoms with Crippen molar-refractivity contribution in [3.05, 3.63) is 0 Å². The number of aliphatic hydroxyl groups excluding tert-OH is 3. The summed E-state index contributed by atoms with van der Waals surface area (Å²) < 4.78 is 5.33. The third-order valence-corrected chi connectivity index (χ3v) is 2.31. The maximum absolute atomic E-state index is 9.32. The Hall–Kier alpha value is 0.0295. The van der Waals surface area contributed by atoms with E-state index < -0.39 is 24.4 Å². The summed E-state index contributed by atoms with van der Waals surface area (Å²) in [6.45, 7) is -0.331. The van der Waals surface area contributed by atoms with Gasteiger partial charge >= 0.3 is 76.9 Å². The Morgan fingerprint density at radius 2 is 2.00 bits per heavy atom. The molecule has 1 aliphatic rings. The van der Waals surface area contributed by atoms with Gasteiger partial charge in [0.2, 0.25) is 0 Å². The van der Waals surface area contributed by atoms with E-state index in [2.05, 4.69) is 15.6 Å². The van der Waals surface area contributed by atoms with Gasteiger partial charge < -0.3 is 0 Å². The zero-order valence-electron chi connectivity index (χ0n) is 6.25. The molecule has 5 N–H and O–H groups in total. The molecule has 0 saturated carbocycles. The molecule has 12 heavy (non-hydrogen) atoms. The average molecular weight is 240 g/mol. The summed E-state index contributed by atoms with van der Waals surface area (Å²) in [5.74, 6) is 0. The van der Waals surface area contributed by atoms with Gasteiger partial charge in [0.05, 0.1) is 0 Å². The molecular formula is C6H11NO4Se. The Bertz CT molecular complexity index is 188. The quantitative estimate of drug-likeness (QED) is 0.380. The van der Waals surface area contributed by atoms with Crippen LogP contribution in [0.15, 0.2) is 0 Å². The molecule has 4 atom stereocenters. The zero-order chi connectivity index (χ0) is 9.30. The summed E-state index contributed by atoms with van der Waals surface area (Å²) in [5, 5.41) is 27.3. The molecule has 0 unspecified atom stereocenters. The van der Waals surface area contributed by atoms with Crippen LogP contribution >= 0.6 is 0 Å². The van der Waals surface area contributed by atoms with Crippen molar-refractivity contribution in [2.75, 3.05) is 6.61 Å². The molecule has 1 saturated heterocycles. The van der Waals surface area contributed by atoms with Gasteiger partial charge in [0.1, 0.15) is 0 Å². The van der Waals surface area contributed by atoms with Gasteiger partial charge in [-0.25, -0.2) is 0 Å². The minimum atomic E-state index is -1.08. The second-order valence-electron chi connectivity index (χ2n) is 2.66. The number of hydrogen-bond donors (Lipinski definition) is 4. The molecule has 0 aliphatic carbocycles. The van der Waals surface area contributed by atoms with Crippen molar-refractivity contribution in [2.45, 2.75) is 24.4 Å². The molecule has 0 aromatic carbocycles. The maximum atomic E-state index is 9.32. The molecule has 6 heteroatoms. The van der Waals surface area contributed by atoms with Gasteiger partial charge in [-0.2, -0.15) is 0 Å². The molecule has 0 spiro atoms. The third-order valence-electron chi connectivity index (χ3n) is 1.82. The molecule has 0 aromatic rings. The first kappa shape index (κ1) is 10.1. The van der Waals surface area contributed by atoms with Crippen LogP contribution in [-0.2, 0) is 4.74 Å². The van der Waals surface area contributed by atoms with Crippen LogP contribution in [0.5, 0.6) is 0 Å². The molecule has 0 radical (unpaired) electrons. The first-order valence-electron chi connectivity index (χ1n) is 3.49. The van der Waals surface area contributed by atoms with E-state index in [1.165, 1.54) is 0 Å². The fourth-order valence-electron chi connectivity index (χ4n) is 1.13. The van der Waals surface area contributed by atoms with Gasteiger partial charge in [-0.05, 0) is 0 Å².